The number of amides is 1. The van der Waals surface area contributed by atoms with Gasteiger partial charge in [-0.3, -0.25) is 4.79 Å². The molecule has 0 aromatic carbocycles. The van der Waals surface area contributed by atoms with Gasteiger partial charge in [0.05, 0.1) is 9.21 Å². The molecular formula is C15H18ClNO3S. The van der Waals surface area contributed by atoms with Crippen molar-refractivity contribution >= 4 is 34.8 Å². The highest BCUT2D eigenvalue weighted by Crippen LogP contribution is 2.39. The average molecular weight is 328 g/mol. The average Bonchev–Trinajstić information content (AvgIpc) is 2.91. The zero-order valence-corrected chi connectivity index (χ0v) is 13.2. The Labute approximate surface area is 132 Å². The first-order valence-electron chi connectivity index (χ1n) is 7.38. The maximum Gasteiger partial charge on any atom is 0.326 e. The van der Waals surface area contributed by atoms with Crippen molar-refractivity contribution in [2.75, 3.05) is 0 Å². The zero-order valence-electron chi connectivity index (χ0n) is 11.6. The highest BCUT2D eigenvalue weighted by Gasteiger charge is 2.44. The van der Waals surface area contributed by atoms with Gasteiger partial charge in [0.15, 0.2) is 0 Å². The lowest BCUT2D eigenvalue weighted by molar-refractivity contribution is -0.146. The molecule has 21 heavy (non-hydrogen) atoms. The van der Waals surface area contributed by atoms with E-state index >= 15 is 0 Å². The normalized spacial score (nSPS) is 29.0. The summed E-state index contributed by atoms with van der Waals surface area (Å²) in [5.41, 5.74) is 0. The lowest BCUT2D eigenvalue weighted by Gasteiger charge is -2.47. The molecule has 2 fully saturated rings. The fraction of sp³-hybridized carbons (Fsp3) is 0.600. The Morgan fingerprint density at radius 2 is 1.95 bits per heavy atom. The van der Waals surface area contributed by atoms with Crippen molar-refractivity contribution < 1.29 is 14.7 Å². The van der Waals surface area contributed by atoms with Crippen LogP contribution in [0, 0.1) is 5.92 Å². The number of nitrogens with zero attached hydrogens (tertiary/aromatic N) is 1. The van der Waals surface area contributed by atoms with Gasteiger partial charge in [-0.1, -0.05) is 24.4 Å². The summed E-state index contributed by atoms with van der Waals surface area (Å²) in [7, 11) is 0. The number of fused-ring (bicyclic) bond motifs is 1. The van der Waals surface area contributed by atoms with Crippen LogP contribution in [0.4, 0.5) is 0 Å². The van der Waals surface area contributed by atoms with Gasteiger partial charge in [0, 0.05) is 6.04 Å². The van der Waals surface area contributed by atoms with E-state index < -0.39 is 12.0 Å². The van der Waals surface area contributed by atoms with E-state index in [2.05, 4.69) is 0 Å². The van der Waals surface area contributed by atoms with E-state index in [4.69, 9.17) is 11.6 Å². The molecule has 0 spiro atoms. The van der Waals surface area contributed by atoms with Gasteiger partial charge in [0.2, 0.25) is 0 Å². The molecule has 114 valence electrons. The lowest BCUT2D eigenvalue weighted by Crippen LogP contribution is -2.57. The van der Waals surface area contributed by atoms with Crippen LogP contribution in [0.2, 0.25) is 4.34 Å². The van der Waals surface area contributed by atoms with Crippen LogP contribution in [-0.2, 0) is 4.79 Å². The Morgan fingerprint density at radius 3 is 2.62 bits per heavy atom. The summed E-state index contributed by atoms with van der Waals surface area (Å²) >= 11 is 7.14. The highest BCUT2D eigenvalue weighted by atomic mass is 35.5. The molecule has 1 N–H and O–H groups in total. The molecule has 2 heterocycles. The third kappa shape index (κ3) is 2.81. The third-order valence-corrected chi connectivity index (χ3v) is 5.90. The predicted octanol–water partition coefficient (Wildman–Crippen LogP) is 3.65. The number of carboxylic acid groups (broad SMARTS) is 1. The molecular weight excluding hydrogens is 310 g/mol. The number of aliphatic carboxylic acids is 1. The number of rotatable bonds is 2. The van der Waals surface area contributed by atoms with Gasteiger partial charge in [-0.05, 0) is 43.7 Å². The summed E-state index contributed by atoms with van der Waals surface area (Å²) in [6.45, 7) is 0. The van der Waals surface area contributed by atoms with Crippen molar-refractivity contribution in [1.82, 2.24) is 4.90 Å². The first kappa shape index (κ1) is 14.9. The van der Waals surface area contributed by atoms with Crippen LogP contribution < -0.4 is 0 Å². The van der Waals surface area contributed by atoms with Crippen LogP contribution in [0.15, 0.2) is 12.1 Å². The summed E-state index contributed by atoms with van der Waals surface area (Å²) in [5, 5.41) is 9.48. The number of thiophene rings is 1. The lowest BCUT2D eigenvalue weighted by atomic mass is 9.76. The van der Waals surface area contributed by atoms with Gasteiger partial charge in [-0.25, -0.2) is 4.79 Å². The SMILES string of the molecule is O=C(O)C1CCC2CCCCC2N1C(=O)c1ccc(Cl)s1. The molecule has 0 bridgehead atoms. The number of carboxylic acids is 1. The summed E-state index contributed by atoms with van der Waals surface area (Å²) in [6, 6.07) is 2.76. The Hall–Kier alpha value is -1.07. The van der Waals surface area contributed by atoms with Crippen LogP contribution >= 0.6 is 22.9 Å². The highest BCUT2D eigenvalue weighted by molar-refractivity contribution is 7.18. The largest absolute Gasteiger partial charge is 0.480 e. The maximum atomic E-state index is 12.8. The quantitative estimate of drug-likeness (QED) is 0.902. The van der Waals surface area contributed by atoms with Crippen LogP contribution in [0.3, 0.4) is 0 Å². The van der Waals surface area contributed by atoms with E-state index in [1.54, 1.807) is 17.0 Å². The van der Waals surface area contributed by atoms with Gasteiger partial charge in [-0.2, -0.15) is 0 Å². The molecule has 1 aliphatic heterocycles. The first-order valence-corrected chi connectivity index (χ1v) is 8.58. The molecule has 6 heteroatoms. The van der Waals surface area contributed by atoms with Crippen molar-refractivity contribution in [3.63, 3.8) is 0 Å². The van der Waals surface area contributed by atoms with E-state index in [0.717, 1.165) is 25.7 Å². The van der Waals surface area contributed by atoms with E-state index in [9.17, 15) is 14.7 Å². The molecule has 1 aromatic heterocycles. The first-order chi connectivity index (χ1) is 10.1. The minimum atomic E-state index is -0.893. The number of hydrogen-bond acceptors (Lipinski definition) is 3. The second-order valence-corrected chi connectivity index (χ2v) is 7.57. The third-order valence-electron chi connectivity index (χ3n) is 4.68. The summed E-state index contributed by atoms with van der Waals surface area (Å²) < 4.78 is 0.558. The minimum absolute atomic E-state index is 0.0713. The summed E-state index contributed by atoms with van der Waals surface area (Å²) in [4.78, 5) is 26.5. The molecule has 1 aliphatic carbocycles. The van der Waals surface area contributed by atoms with Gasteiger partial charge >= 0.3 is 5.97 Å². The topological polar surface area (TPSA) is 57.6 Å². The fourth-order valence-electron chi connectivity index (χ4n) is 3.72. The second-order valence-electron chi connectivity index (χ2n) is 5.86. The van der Waals surface area contributed by atoms with Crippen molar-refractivity contribution in [2.45, 2.75) is 50.6 Å². The summed E-state index contributed by atoms with van der Waals surface area (Å²) in [5.74, 6) is -0.611. The molecule has 1 saturated carbocycles. The maximum absolute atomic E-state index is 12.8. The Bertz CT molecular complexity index is 559. The van der Waals surface area contributed by atoms with E-state index in [1.165, 1.54) is 17.8 Å². The van der Waals surface area contributed by atoms with Crippen molar-refractivity contribution in [2.24, 2.45) is 5.92 Å². The summed E-state index contributed by atoms with van der Waals surface area (Å²) in [6.07, 6.45) is 5.75. The van der Waals surface area contributed by atoms with Crippen LogP contribution in [0.25, 0.3) is 0 Å². The standard InChI is InChI=1S/C15H18ClNO3S/c16-13-8-7-12(21-13)14(18)17-10-4-2-1-3-9(10)5-6-11(17)15(19)20/h7-11H,1-6H2,(H,19,20). The van der Waals surface area contributed by atoms with Crippen LogP contribution in [0.1, 0.15) is 48.2 Å². The minimum Gasteiger partial charge on any atom is -0.480 e. The van der Waals surface area contributed by atoms with Crippen LogP contribution in [0.5, 0.6) is 0 Å². The number of likely N-dealkylation sites (tertiary alicyclic amines) is 1. The van der Waals surface area contributed by atoms with Crippen molar-refractivity contribution in [3.05, 3.63) is 21.3 Å². The molecule has 3 atom stereocenters. The van der Waals surface area contributed by atoms with Gasteiger partial charge < -0.3 is 10.0 Å². The number of halogens is 1. The monoisotopic (exact) mass is 327 g/mol. The van der Waals surface area contributed by atoms with Crippen molar-refractivity contribution in [1.29, 1.82) is 0 Å². The fourth-order valence-corrected chi connectivity index (χ4v) is 4.71. The Kier molecular flexibility index (Phi) is 4.22. The van der Waals surface area contributed by atoms with Gasteiger partial charge in [-0.15, -0.1) is 11.3 Å². The Balaban J connectivity index is 1.92. The molecule has 0 radical (unpaired) electrons. The molecule has 1 saturated heterocycles. The molecule has 3 unspecified atom stereocenters. The van der Waals surface area contributed by atoms with Crippen LogP contribution in [-0.4, -0.2) is 34.0 Å². The molecule has 1 amide bonds. The van der Waals surface area contributed by atoms with Gasteiger partial charge in [0.1, 0.15) is 6.04 Å². The van der Waals surface area contributed by atoms with E-state index in [0.29, 0.717) is 21.6 Å². The van der Waals surface area contributed by atoms with Gasteiger partial charge in [0.25, 0.3) is 5.91 Å². The second kappa shape index (κ2) is 5.97. The van der Waals surface area contributed by atoms with Crippen molar-refractivity contribution in [3.8, 4) is 0 Å². The molecule has 4 nitrogen and oxygen atoms in total. The van der Waals surface area contributed by atoms with E-state index in [1.807, 2.05) is 0 Å². The molecule has 1 aromatic rings. The number of piperidine rings is 1. The molecule has 2 aliphatic rings. The molecule has 3 rings (SSSR count). The number of hydrogen-bond donors (Lipinski definition) is 1. The predicted molar refractivity (Wildman–Crippen MR) is 81.9 cm³/mol. The number of carbonyl (C=O) groups excluding carboxylic acids is 1. The smallest absolute Gasteiger partial charge is 0.326 e. The Morgan fingerprint density at radius 1 is 1.19 bits per heavy atom. The zero-order chi connectivity index (χ0) is 15.0. The number of carbonyl (C=O) groups is 2. The van der Waals surface area contributed by atoms with E-state index in [-0.39, 0.29) is 11.9 Å².